The Kier molecular flexibility index (Phi) is 6.02. The molecule has 4 rings (SSSR count). The summed E-state index contributed by atoms with van der Waals surface area (Å²) < 4.78 is 27.5. The minimum atomic E-state index is -3.65. The van der Waals surface area contributed by atoms with E-state index in [2.05, 4.69) is 10.6 Å². The van der Waals surface area contributed by atoms with Crippen molar-refractivity contribution < 1.29 is 22.8 Å². The van der Waals surface area contributed by atoms with Crippen LogP contribution in [0.5, 0.6) is 0 Å². The minimum absolute atomic E-state index is 0.118. The van der Waals surface area contributed by atoms with Crippen LogP contribution in [-0.2, 0) is 19.6 Å². The minimum Gasteiger partial charge on any atom is -0.324 e. The third-order valence-corrected chi connectivity index (χ3v) is 8.22. The Balaban J connectivity index is 1.43. The number of amides is 4. The molecule has 0 radical (unpaired) electrons. The van der Waals surface area contributed by atoms with E-state index in [1.165, 1.54) is 16.4 Å². The SMILES string of the molecule is O=C(CN1C(=O)NC2(CCCC2)C1=O)Nc1cccc(S(=O)(=O)N2CCCCCC2)c1. The van der Waals surface area contributed by atoms with Crippen LogP contribution in [0.15, 0.2) is 29.2 Å². The molecule has 31 heavy (non-hydrogen) atoms. The topological polar surface area (TPSA) is 116 Å². The normalized spacial score (nSPS) is 21.9. The van der Waals surface area contributed by atoms with Crippen LogP contribution in [0.3, 0.4) is 0 Å². The van der Waals surface area contributed by atoms with Crippen LogP contribution >= 0.6 is 0 Å². The highest BCUT2D eigenvalue weighted by Crippen LogP contribution is 2.35. The first kappa shape index (κ1) is 21.8. The highest BCUT2D eigenvalue weighted by atomic mass is 32.2. The molecule has 4 amide bonds. The van der Waals surface area contributed by atoms with Crippen molar-refractivity contribution in [1.29, 1.82) is 0 Å². The average molecular weight is 449 g/mol. The van der Waals surface area contributed by atoms with E-state index in [4.69, 9.17) is 0 Å². The number of imide groups is 1. The van der Waals surface area contributed by atoms with Gasteiger partial charge in [-0.15, -0.1) is 0 Å². The number of carbonyl (C=O) groups is 3. The van der Waals surface area contributed by atoms with Crippen molar-refractivity contribution in [2.45, 2.75) is 61.8 Å². The molecule has 3 fully saturated rings. The lowest BCUT2D eigenvalue weighted by atomic mass is 9.98. The van der Waals surface area contributed by atoms with Crippen molar-refractivity contribution in [3.05, 3.63) is 24.3 Å². The molecule has 0 bridgehead atoms. The Morgan fingerprint density at radius 1 is 1.03 bits per heavy atom. The highest BCUT2D eigenvalue weighted by molar-refractivity contribution is 7.89. The Labute approximate surface area is 182 Å². The van der Waals surface area contributed by atoms with E-state index < -0.39 is 34.0 Å². The molecule has 2 saturated heterocycles. The summed E-state index contributed by atoms with van der Waals surface area (Å²) in [7, 11) is -3.65. The summed E-state index contributed by atoms with van der Waals surface area (Å²) in [6.45, 7) is 0.579. The fourth-order valence-electron chi connectivity index (χ4n) is 4.65. The fraction of sp³-hybridized carbons (Fsp3) is 0.571. The zero-order valence-electron chi connectivity index (χ0n) is 17.4. The third-order valence-electron chi connectivity index (χ3n) is 6.33. The zero-order chi connectivity index (χ0) is 22.1. The molecule has 2 aliphatic heterocycles. The summed E-state index contributed by atoms with van der Waals surface area (Å²) in [5.41, 5.74) is -0.554. The molecule has 1 aliphatic carbocycles. The molecule has 1 saturated carbocycles. The van der Waals surface area contributed by atoms with Crippen LogP contribution in [0, 0.1) is 0 Å². The van der Waals surface area contributed by atoms with Gasteiger partial charge in [-0.3, -0.25) is 14.5 Å². The summed E-state index contributed by atoms with van der Waals surface area (Å²) >= 11 is 0. The second kappa shape index (κ2) is 8.58. The quantitative estimate of drug-likeness (QED) is 0.669. The lowest BCUT2D eigenvalue weighted by Gasteiger charge is -2.20. The van der Waals surface area contributed by atoms with Crippen LogP contribution in [0.1, 0.15) is 51.4 Å². The molecule has 168 valence electrons. The molecular formula is C21H28N4O5S. The Hall–Kier alpha value is -2.46. The maximum Gasteiger partial charge on any atom is 0.325 e. The first-order chi connectivity index (χ1) is 14.8. The molecule has 1 aromatic rings. The van der Waals surface area contributed by atoms with Crippen molar-refractivity contribution >= 4 is 33.6 Å². The first-order valence-corrected chi connectivity index (χ1v) is 12.3. The lowest BCUT2D eigenvalue weighted by molar-refractivity contribution is -0.133. The number of carbonyl (C=O) groups excluding carboxylic acids is 3. The van der Waals surface area contributed by atoms with Crippen LogP contribution in [0.2, 0.25) is 0 Å². The molecule has 2 heterocycles. The number of nitrogens with zero attached hydrogens (tertiary/aromatic N) is 2. The van der Waals surface area contributed by atoms with E-state index in [1.807, 2.05) is 0 Å². The average Bonchev–Trinajstić information content (AvgIpc) is 3.15. The number of benzene rings is 1. The summed E-state index contributed by atoms with van der Waals surface area (Å²) in [6, 6.07) is 5.53. The fourth-order valence-corrected chi connectivity index (χ4v) is 6.21. The number of urea groups is 1. The van der Waals surface area contributed by atoms with Crippen molar-refractivity contribution in [2.24, 2.45) is 0 Å². The predicted octanol–water partition coefficient (Wildman–Crippen LogP) is 2.05. The Morgan fingerprint density at radius 2 is 1.71 bits per heavy atom. The monoisotopic (exact) mass is 448 g/mol. The third kappa shape index (κ3) is 4.31. The summed E-state index contributed by atoms with van der Waals surface area (Å²) in [5.74, 6) is -0.912. The van der Waals surface area contributed by atoms with Gasteiger partial charge in [-0.05, 0) is 43.9 Å². The van der Waals surface area contributed by atoms with Crippen molar-refractivity contribution in [1.82, 2.24) is 14.5 Å². The van der Waals surface area contributed by atoms with Gasteiger partial charge in [0.25, 0.3) is 5.91 Å². The molecule has 10 heteroatoms. The summed E-state index contributed by atoms with van der Waals surface area (Å²) in [5, 5.41) is 5.36. The molecular weight excluding hydrogens is 420 g/mol. The molecule has 1 spiro atoms. The maximum atomic E-state index is 13.0. The number of anilines is 1. The Bertz CT molecular complexity index is 979. The van der Waals surface area contributed by atoms with Gasteiger partial charge in [-0.2, -0.15) is 4.31 Å². The maximum absolute atomic E-state index is 13.0. The van der Waals surface area contributed by atoms with Gasteiger partial charge in [0.05, 0.1) is 4.90 Å². The van der Waals surface area contributed by atoms with Crippen LogP contribution in [0.25, 0.3) is 0 Å². The van der Waals surface area contributed by atoms with E-state index in [1.54, 1.807) is 12.1 Å². The standard InChI is InChI=1S/C21H28N4O5S/c26-18(15-25-19(27)21(23-20(25)28)10-3-4-11-21)22-16-8-7-9-17(14-16)31(29,30)24-12-5-1-2-6-13-24/h7-9,14H,1-6,10-13,15H2,(H,22,26)(H,23,28). The van der Waals surface area contributed by atoms with Gasteiger partial charge in [0, 0.05) is 18.8 Å². The number of hydrogen-bond donors (Lipinski definition) is 2. The number of nitrogens with one attached hydrogen (secondary N) is 2. The van der Waals surface area contributed by atoms with Crippen molar-refractivity contribution in [2.75, 3.05) is 25.0 Å². The van der Waals surface area contributed by atoms with Gasteiger partial charge < -0.3 is 10.6 Å². The molecule has 1 aromatic carbocycles. The predicted molar refractivity (Wildman–Crippen MR) is 114 cm³/mol. The van der Waals surface area contributed by atoms with E-state index >= 15 is 0 Å². The van der Waals surface area contributed by atoms with Gasteiger partial charge in [0.1, 0.15) is 12.1 Å². The highest BCUT2D eigenvalue weighted by Gasteiger charge is 2.52. The number of hydrogen-bond acceptors (Lipinski definition) is 5. The summed E-state index contributed by atoms with van der Waals surface area (Å²) in [6.07, 6.45) is 6.62. The first-order valence-electron chi connectivity index (χ1n) is 10.9. The van der Waals surface area contributed by atoms with Crippen molar-refractivity contribution in [3.63, 3.8) is 0 Å². The van der Waals surface area contributed by atoms with Gasteiger partial charge in [0.15, 0.2) is 0 Å². The van der Waals surface area contributed by atoms with Gasteiger partial charge >= 0.3 is 6.03 Å². The van der Waals surface area contributed by atoms with E-state index in [0.717, 1.165) is 43.4 Å². The Morgan fingerprint density at radius 3 is 2.39 bits per heavy atom. The zero-order valence-corrected chi connectivity index (χ0v) is 18.2. The van der Waals surface area contributed by atoms with Gasteiger partial charge in [-0.25, -0.2) is 13.2 Å². The molecule has 2 N–H and O–H groups in total. The van der Waals surface area contributed by atoms with Crippen molar-refractivity contribution in [3.8, 4) is 0 Å². The second-order valence-corrected chi connectivity index (χ2v) is 10.4. The summed E-state index contributed by atoms with van der Waals surface area (Å²) in [4.78, 5) is 38.5. The molecule has 3 aliphatic rings. The second-order valence-electron chi connectivity index (χ2n) is 8.50. The number of sulfonamides is 1. The van der Waals surface area contributed by atoms with Crippen LogP contribution in [-0.4, -0.2) is 60.6 Å². The van der Waals surface area contributed by atoms with E-state index in [-0.39, 0.29) is 10.8 Å². The molecule has 0 aromatic heterocycles. The van der Waals surface area contributed by atoms with E-state index in [9.17, 15) is 22.8 Å². The van der Waals surface area contributed by atoms with E-state index in [0.29, 0.717) is 31.6 Å². The lowest BCUT2D eigenvalue weighted by Crippen LogP contribution is -2.44. The largest absolute Gasteiger partial charge is 0.325 e. The molecule has 9 nitrogen and oxygen atoms in total. The van der Waals surface area contributed by atoms with Crippen LogP contribution < -0.4 is 10.6 Å². The smallest absolute Gasteiger partial charge is 0.324 e. The van der Waals surface area contributed by atoms with Gasteiger partial charge in [0.2, 0.25) is 15.9 Å². The number of rotatable bonds is 5. The molecule has 0 atom stereocenters. The van der Waals surface area contributed by atoms with Crippen LogP contribution in [0.4, 0.5) is 10.5 Å². The molecule has 0 unspecified atom stereocenters. The van der Waals surface area contributed by atoms with Gasteiger partial charge in [-0.1, -0.05) is 31.7 Å².